The lowest BCUT2D eigenvalue weighted by Gasteiger charge is -2.24. The van der Waals surface area contributed by atoms with E-state index in [1.807, 2.05) is 12.2 Å². The molecule has 4 nitrogen and oxygen atoms in total. The number of rotatable bonds is 2. The molecule has 0 aromatic carbocycles. The quantitative estimate of drug-likeness (QED) is 0.445. The molecule has 0 fully saturated rings. The number of hydrogen-bond donors (Lipinski definition) is 3. The molecule has 1 aliphatic rings. The molecule has 70 valence electrons. The van der Waals surface area contributed by atoms with Crippen molar-refractivity contribution in [3.05, 3.63) is 12.2 Å². The summed E-state index contributed by atoms with van der Waals surface area (Å²) in [4.78, 5) is 17.6. The van der Waals surface area contributed by atoms with Crippen LogP contribution in [0.3, 0.4) is 0 Å². The standard InChI is InChI=1S/C7H14NO3P/c8-7(12(9,10)11)6-4-2-1-3-5-6/h1-2,6-7H,3-5,8H2,(H2,9,10,11)/t6-,7-/m1/s1. The second-order valence-electron chi connectivity index (χ2n) is 3.12. The Balaban J connectivity index is 2.58. The Morgan fingerprint density at radius 3 is 2.58 bits per heavy atom. The van der Waals surface area contributed by atoms with Gasteiger partial charge in [-0.2, -0.15) is 0 Å². The molecule has 0 bridgehead atoms. The molecule has 2 atom stereocenters. The van der Waals surface area contributed by atoms with E-state index >= 15 is 0 Å². The molecule has 0 aliphatic heterocycles. The predicted molar refractivity (Wildman–Crippen MR) is 46.5 cm³/mol. The summed E-state index contributed by atoms with van der Waals surface area (Å²) < 4.78 is 10.8. The summed E-state index contributed by atoms with van der Waals surface area (Å²) in [6.07, 6.45) is 6.29. The van der Waals surface area contributed by atoms with Gasteiger partial charge in [0.25, 0.3) is 0 Å². The van der Waals surface area contributed by atoms with E-state index in [0.29, 0.717) is 6.42 Å². The molecule has 1 aliphatic carbocycles. The van der Waals surface area contributed by atoms with Crippen LogP contribution in [0.5, 0.6) is 0 Å². The van der Waals surface area contributed by atoms with Crippen molar-refractivity contribution in [1.29, 1.82) is 0 Å². The van der Waals surface area contributed by atoms with Gasteiger partial charge in [-0.15, -0.1) is 0 Å². The van der Waals surface area contributed by atoms with Crippen LogP contribution < -0.4 is 5.73 Å². The van der Waals surface area contributed by atoms with Gasteiger partial charge in [0, 0.05) is 0 Å². The Morgan fingerprint density at radius 1 is 1.50 bits per heavy atom. The SMILES string of the molecule is N[C@@H]([C@@H]1CC=CCC1)P(=O)(O)O. The van der Waals surface area contributed by atoms with E-state index in [2.05, 4.69) is 0 Å². The smallest absolute Gasteiger partial charge is 0.323 e. The molecule has 4 N–H and O–H groups in total. The van der Waals surface area contributed by atoms with Gasteiger partial charge in [0.15, 0.2) is 0 Å². The van der Waals surface area contributed by atoms with Crippen LogP contribution in [0.1, 0.15) is 19.3 Å². The fraction of sp³-hybridized carbons (Fsp3) is 0.714. The Bertz CT molecular complexity index is 223. The highest BCUT2D eigenvalue weighted by Crippen LogP contribution is 2.44. The van der Waals surface area contributed by atoms with Gasteiger partial charge in [-0.3, -0.25) is 4.57 Å². The minimum absolute atomic E-state index is 0.0594. The van der Waals surface area contributed by atoms with Gasteiger partial charge < -0.3 is 15.5 Å². The lowest BCUT2D eigenvalue weighted by Crippen LogP contribution is -2.30. The molecular formula is C7H14NO3P. The molecule has 12 heavy (non-hydrogen) atoms. The van der Waals surface area contributed by atoms with Gasteiger partial charge in [0.1, 0.15) is 5.78 Å². The topological polar surface area (TPSA) is 83.6 Å². The van der Waals surface area contributed by atoms with E-state index in [4.69, 9.17) is 15.5 Å². The zero-order valence-corrected chi connectivity index (χ0v) is 7.65. The summed E-state index contributed by atoms with van der Waals surface area (Å²) in [6, 6.07) is 0. The second kappa shape index (κ2) is 3.71. The summed E-state index contributed by atoms with van der Waals surface area (Å²) >= 11 is 0. The average Bonchev–Trinajstić information content (AvgIpc) is 2.03. The van der Waals surface area contributed by atoms with E-state index in [1.54, 1.807) is 0 Å². The van der Waals surface area contributed by atoms with Crippen LogP contribution in [0.15, 0.2) is 12.2 Å². The molecule has 0 radical (unpaired) electrons. The first-order valence-electron chi connectivity index (χ1n) is 3.97. The van der Waals surface area contributed by atoms with Gasteiger partial charge >= 0.3 is 7.60 Å². The van der Waals surface area contributed by atoms with Crippen LogP contribution in [0.2, 0.25) is 0 Å². The van der Waals surface area contributed by atoms with Gasteiger partial charge in [-0.25, -0.2) is 0 Å². The van der Waals surface area contributed by atoms with E-state index in [0.717, 1.165) is 12.8 Å². The van der Waals surface area contributed by atoms with E-state index in [1.165, 1.54) is 0 Å². The summed E-state index contributed by atoms with van der Waals surface area (Å²) in [5.74, 6) is -1.04. The molecule has 0 saturated heterocycles. The summed E-state index contributed by atoms with van der Waals surface area (Å²) in [5, 5.41) is 0. The lowest BCUT2D eigenvalue weighted by molar-refractivity contribution is 0.325. The van der Waals surface area contributed by atoms with Crippen LogP contribution in [0.4, 0.5) is 0 Å². The monoisotopic (exact) mass is 191 g/mol. The van der Waals surface area contributed by atoms with Gasteiger partial charge in [-0.1, -0.05) is 12.2 Å². The maximum atomic E-state index is 10.8. The normalized spacial score (nSPS) is 27.1. The molecular weight excluding hydrogens is 177 g/mol. The highest BCUT2D eigenvalue weighted by molar-refractivity contribution is 7.52. The highest BCUT2D eigenvalue weighted by Gasteiger charge is 2.32. The Morgan fingerprint density at radius 2 is 2.17 bits per heavy atom. The lowest BCUT2D eigenvalue weighted by atomic mass is 9.94. The third-order valence-corrected chi connectivity index (χ3v) is 3.38. The van der Waals surface area contributed by atoms with Crippen molar-refractivity contribution in [2.75, 3.05) is 0 Å². The summed E-state index contributed by atoms with van der Waals surface area (Å²) in [7, 11) is -4.08. The van der Waals surface area contributed by atoms with Gasteiger partial charge in [0.05, 0.1) is 0 Å². The zero-order chi connectivity index (χ0) is 9.19. The Kier molecular flexibility index (Phi) is 3.07. The van der Waals surface area contributed by atoms with Crippen LogP contribution in [0.25, 0.3) is 0 Å². The number of allylic oxidation sites excluding steroid dienone is 2. The fourth-order valence-electron chi connectivity index (χ4n) is 1.40. The van der Waals surface area contributed by atoms with Crippen LogP contribution in [0, 0.1) is 5.92 Å². The van der Waals surface area contributed by atoms with E-state index in [9.17, 15) is 4.57 Å². The van der Waals surface area contributed by atoms with Crippen molar-refractivity contribution >= 4 is 7.60 Å². The molecule has 0 saturated carbocycles. The third-order valence-electron chi connectivity index (χ3n) is 2.18. The highest BCUT2D eigenvalue weighted by atomic mass is 31.2. The molecule has 0 amide bonds. The van der Waals surface area contributed by atoms with Crippen molar-refractivity contribution in [3.8, 4) is 0 Å². The Hall–Kier alpha value is -0.150. The fourth-order valence-corrected chi connectivity index (χ4v) is 2.22. The van der Waals surface area contributed by atoms with Crippen LogP contribution in [-0.2, 0) is 4.57 Å². The van der Waals surface area contributed by atoms with Crippen LogP contribution >= 0.6 is 7.60 Å². The van der Waals surface area contributed by atoms with Crippen molar-refractivity contribution in [1.82, 2.24) is 0 Å². The van der Waals surface area contributed by atoms with E-state index in [-0.39, 0.29) is 5.92 Å². The molecule has 0 spiro atoms. The van der Waals surface area contributed by atoms with E-state index < -0.39 is 13.4 Å². The summed E-state index contributed by atoms with van der Waals surface area (Å²) in [6.45, 7) is 0. The minimum Gasteiger partial charge on any atom is -0.323 e. The van der Waals surface area contributed by atoms with Crippen molar-refractivity contribution in [2.45, 2.75) is 25.0 Å². The molecule has 0 aromatic heterocycles. The molecule has 0 unspecified atom stereocenters. The number of nitrogens with two attached hydrogens (primary N) is 1. The first-order valence-corrected chi connectivity index (χ1v) is 5.66. The maximum absolute atomic E-state index is 10.8. The van der Waals surface area contributed by atoms with Crippen LogP contribution in [-0.4, -0.2) is 15.6 Å². The molecule has 0 aromatic rings. The largest absolute Gasteiger partial charge is 0.342 e. The zero-order valence-electron chi connectivity index (χ0n) is 6.76. The summed E-state index contributed by atoms with van der Waals surface area (Å²) in [5.41, 5.74) is 5.43. The van der Waals surface area contributed by atoms with Crippen molar-refractivity contribution < 1.29 is 14.4 Å². The average molecular weight is 191 g/mol. The number of hydrogen-bond acceptors (Lipinski definition) is 2. The van der Waals surface area contributed by atoms with Gasteiger partial charge in [0.2, 0.25) is 0 Å². The van der Waals surface area contributed by atoms with Crippen molar-refractivity contribution in [2.24, 2.45) is 11.7 Å². The molecule has 1 rings (SSSR count). The molecule has 0 heterocycles. The van der Waals surface area contributed by atoms with Crippen molar-refractivity contribution in [3.63, 3.8) is 0 Å². The maximum Gasteiger partial charge on any atom is 0.342 e. The second-order valence-corrected chi connectivity index (χ2v) is 4.90. The predicted octanol–water partition coefficient (Wildman–Crippen LogP) is 0.805. The van der Waals surface area contributed by atoms with Gasteiger partial charge in [-0.05, 0) is 25.2 Å². The Labute approximate surface area is 71.6 Å². The minimum atomic E-state index is -4.08. The third kappa shape index (κ3) is 2.42. The molecule has 5 heteroatoms. The first-order chi connectivity index (χ1) is 5.52. The first kappa shape index (κ1) is 9.93.